The maximum Gasteiger partial charge on any atom is 0.238 e. The molecule has 1 aliphatic rings. The minimum atomic E-state index is -0.0261. The third-order valence-electron chi connectivity index (χ3n) is 5.05. The fraction of sp³-hybridized carbons (Fsp3) is 0.348. The summed E-state index contributed by atoms with van der Waals surface area (Å²) in [4.78, 5) is 17.9. The average Bonchev–Trinajstić information content (AvgIpc) is 3.42. The molecule has 1 atom stereocenters. The topological polar surface area (TPSA) is 50.8 Å². The van der Waals surface area contributed by atoms with Crippen molar-refractivity contribution >= 4 is 34.3 Å². The number of thiophene rings is 2. The van der Waals surface area contributed by atoms with E-state index in [1.54, 1.807) is 11.3 Å². The lowest BCUT2D eigenvalue weighted by molar-refractivity contribution is -0.117. The van der Waals surface area contributed by atoms with Crippen LogP contribution in [0.25, 0.3) is 0 Å². The molecule has 5 nitrogen and oxygen atoms in total. The summed E-state index contributed by atoms with van der Waals surface area (Å²) in [5, 5.41) is 7.29. The van der Waals surface area contributed by atoms with Crippen LogP contribution in [-0.4, -0.2) is 37.1 Å². The van der Waals surface area contributed by atoms with Crippen molar-refractivity contribution in [3.63, 3.8) is 0 Å². The summed E-state index contributed by atoms with van der Waals surface area (Å²) in [7, 11) is 0. The Morgan fingerprint density at radius 1 is 1.10 bits per heavy atom. The van der Waals surface area contributed by atoms with Crippen LogP contribution in [-0.2, 0) is 11.2 Å². The van der Waals surface area contributed by atoms with E-state index in [-0.39, 0.29) is 11.9 Å². The van der Waals surface area contributed by atoms with Crippen LogP contribution in [0.2, 0.25) is 0 Å². The van der Waals surface area contributed by atoms with Crippen molar-refractivity contribution in [2.45, 2.75) is 26.3 Å². The van der Waals surface area contributed by atoms with Crippen LogP contribution in [0.5, 0.6) is 11.5 Å². The first-order chi connectivity index (χ1) is 14.7. The van der Waals surface area contributed by atoms with E-state index in [1.807, 2.05) is 43.4 Å². The molecule has 1 aromatic carbocycles. The lowest BCUT2D eigenvalue weighted by Crippen LogP contribution is -2.40. The fourth-order valence-corrected chi connectivity index (χ4v) is 5.61. The van der Waals surface area contributed by atoms with E-state index in [9.17, 15) is 4.79 Å². The molecule has 0 aliphatic carbocycles. The monoisotopic (exact) mass is 442 g/mol. The molecule has 1 amide bonds. The number of ether oxygens (including phenoxy) is 2. The van der Waals surface area contributed by atoms with E-state index in [4.69, 9.17) is 9.47 Å². The molecule has 0 spiro atoms. The quantitative estimate of drug-likeness (QED) is 0.521. The number of nitrogens with zero attached hydrogens (tertiary/aromatic N) is 1. The predicted octanol–water partition coefficient (Wildman–Crippen LogP) is 5.19. The maximum atomic E-state index is 12.9. The summed E-state index contributed by atoms with van der Waals surface area (Å²) in [6.07, 6.45) is 0.986. The Balaban J connectivity index is 1.49. The van der Waals surface area contributed by atoms with Crippen molar-refractivity contribution in [1.82, 2.24) is 4.90 Å². The molecule has 0 radical (unpaired) electrons. The van der Waals surface area contributed by atoms with Gasteiger partial charge in [-0.25, -0.2) is 0 Å². The molecule has 1 N–H and O–H groups in total. The minimum absolute atomic E-state index is 0.0261. The zero-order chi connectivity index (χ0) is 20.9. The number of anilines is 1. The summed E-state index contributed by atoms with van der Waals surface area (Å²) in [6.45, 7) is 6.19. The first-order valence-corrected chi connectivity index (χ1v) is 12.0. The molecule has 0 fully saturated rings. The molecule has 7 heteroatoms. The smallest absolute Gasteiger partial charge is 0.238 e. The van der Waals surface area contributed by atoms with Gasteiger partial charge in [-0.05, 0) is 60.9 Å². The molecule has 0 bridgehead atoms. The summed E-state index contributed by atoms with van der Waals surface area (Å²) in [5.41, 5.74) is 2.05. The Hall–Kier alpha value is -2.35. The van der Waals surface area contributed by atoms with Gasteiger partial charge in [0.2, 0.25) is 5.91 Å². The second-order valence-electron chi connectivity index (χ2n) is 7.01. The molecular weight excluding hydrogens is 416 g/mol. The van der Waals surface area contributed by atoms with Crippen molar-refractivity contribution in [1.29, 1.82) is 0 Å². The molecule has 4 rings (SSSR count). The maximum absolute atomic E-state index is 12.9. The Labute approximate surface area is 185 Å². The Bertz CT molecular complexity index is 984. The molecule has 1 aliphatic heterocycles. The van der Waals surface area contributed by atoms with Crippen LogP contribution in [0.15, 0.2) is 47.2 Å². The molecule has 2 aromatic heterocycles. The van der Waals surface area contributed by atoms with E-state index in [2.05, 4.69) is 39.2 Å². The van der Waals surface area contributed by atoms with E-state index >= 15 is 0 Å². The van der Waals surface area contributed by atoms with E-state index in [0.29, 0.717) is 36.9 Å². The molecule has 3 aromatic rings. The van der Waals surface area contributed by atoms with E-state index in [0.717, 1.165) is 13.0 Å². The van der Waals surface area contributed by atoms with Gasteiger partial charge in [0.05, 0.1) is 25.8 Å². The van der Waals surface area contributed by atoms with Crippen LogP contribution in [0.3, 0.4) is 0 Å². The Morgan fingerprint density at radius 3 is 2.70 bits per heavy atom. The van der Waals surface area contributed by atoms with Crippen molar-refractivity contribution in [3.05, 3.63) is 62.5 Å². The minimum Gasteiger partial charge on any atom is -0.490 e. The second kappa shape index (κ2) is 9.64. The van der Waals surface area contributed by atoms with Gasteiger partial charge in [0, 0.05) is 28.1 Å². The summed E-state index contributed by atoms with van der Waals surface area (Å²) in [6, 6.07) is 12.1. The van der Waals surface area contributed by atoms with Gasteiger partial charge < -0.3 is 14.8 Å². The largest absolute Gasteiger partial charge is 0.490 e. The number of rotatable bonds is 8. The Kier molecular flexibility index (Phi) is 6.72. The molecule has 158 valence electrons. The number of hydrogen-bond donors (Lipinski definition) is 1. The molecular formula is C23H26N2O3S2. The zero-order valence-electron chi connectivity index (χ0n) is 17.2. The lowest BCUT2D eigenvalue weighted by atomic mass is 9.98. The first-order valence-electron chi connectivity index (χ1n) is 10.2. The molecule has 3 heterocycles. The zero-order valence-corrected chi connectivity index (χ0v) is 18.9. The highest BCUT2D eigenvalue weighted by Crippen LogP contribution is 2.39. The summed E-state index contributed by atoms with van der Waals surface area (Å²) in [5.74, 6) is 1.31. The van der Waals surface area contributed by atoms with Gasteiger partial charge in [-0.3, -0.25) is 9.69 Å². The van der Waals surface area contributed by atoms with Gasteiger partial charge in [0.15, 0.2) is 11.5 Å². The number of benzene rings is 1. The van der Waals surface area contributed by atoms with Crippen molar-refractivity contribution in [2.24, 2.45) is 0 Å². The van der Waals surface area contributed by atoms with Gasteiger partial charge >= 0.3 is 0 Å². The number of carbonyl (C=O) groups is 1. The van der Waals surface area contributed by atoms with Crippen molar-refractivity contribution in [2.75, 3.05) is 31.6 Å². The molecule has 0 saturated heterocycles. The molecule has 30 heavy (non-hydrogen) atoms. The number of carbonyl (C=O) groups excluding carboxylic acids is 1. The standard InChI is InChI=1S/C23H26N2O3S2/c1-3-27-18-8-7-16(14-19(18)28-4-2)24-22(26)15-25-11-9-20-17(10-13-30-20)23(25)21-6-5-12-29-21/h5-8,10,12-14,23H,3-4,9,11,15H2,1-2H3,(H,24,26). The summed E-state index contributed by atoms with van der Waals surface area (Å²) >= 11 is 3.56. The average molecular weight is 443 g/mol. The van der Waals surface area contributed by atoms with Gasteiger partial charge in [-0.1, -0.05) is 6.07 Å². The number of amides is 1. The first kappa shape index (κ1) is 20.9. The summed E-state index contributed by atoms with van der Waals surface area (Å²) < 4.78 is 11.3. The van der Waals surface area contributed by atoms with Gasteiger partial charge in [0.25, 0.3) is 0 Å². The fourth-order valence-electron chi connectivity index (χ4n) is 3.83. The van der Waals surface area contributed by atoms with Crippen LogP contribution in [0, 0.1) is 0 Å². The third kappa shape index (κ3) is 4.53. The van der Waals surface area contributed by atoms with E-state index in [1.165, 1.54) is 15.3 Å². The highest BCUT2D eigenvalue weighted by Gasteiger charge is 2.31. The number of nitrogens with one attached hydrogen (secondary N) is 1. The predicted molar refractivity (Wildman–Crippen MR) is 123 cm³/mol. The van der Waals surface area contributed by atoms with Gasteiger partial charge in [0.1, 0.15) is 0 Å². The highest BCUT2D eigenvalue weighted by atomic mass is 32.1. The van der Waals surface area contributed by atoms with Crippen LogP contribution < -0.4 is 14.8 Å². The van der Waals surface area contributed by atoms with Gasteiger partial charge in [-0.15, -0.1) is 22.7 Å². The normalized spacial score (nSPS) is 16.1. The second-order valence-corrected chi connectivity index (χ2v) is 8.99. The van der Waals surface area contributed by atoms with E-state index < -0.39 is 0 Å². The van der Waals surface area contributed by atoms with Crippen LogP contribution in [0.4, 0.5) is 5.69 Å². The number of fused-ring (bicyclic) bond motifs is 1. The SMILES string of the molecule is CCOc1ccc(NC(=O)CN2CCc3sccc3C2c2cccs2)cc1OCC. The van der Waals surface area contributed by atoms with Crippen LogP contribution in [0.1, 0.15) is 35.2 Å². The Morgan fingerprint density at radius 2 is 1.93 bits per heavy atom. The third-order valence-corrected chi connectivity index (χ3v) is 6.97. The highest BCUT2D eigenvalue weighted by molar-refractivity contribution is 7.10. The molecule has 0 saturated carbocycles. The van der Waals surface area contributed by atoms with Gasteiger partial charge in [-0.2, -0.15) is 0 Å². The number of hydrogen-bond acceptors (Lipinski definition) is 6. The lowest BCUT2D eigenvalue weighted by Gasteiger charge is -2.34. The van der Waals surface area contributed by atoms with Crippen LogP contribution >= 0.6 is 22.7 Å². The van der Waals surface area contributed by atoms with Crippen molar-refractivity contribution in [3.8, 4) is 11.5 Å². The molecule has 1 unspecified atom stereocenters. The van der Waals surface area contributed by atoms with Crippen molar-refractivity contribution < 1.29 is 14.3 Å².